The van der Waals surface area contributed by atoms with E-state index in [9.17, 15) is 9.59 Å². The third-order valence-corrected chi connectivity index (χ3v) is 3.37. The lowest BCUT2D eigenvalue weighted by Gasteiger charge is -2.21. The fourth-order valence-corrected chi connectivity index (χ4v) is 2.49. The lowest BCUT2D eigenvalue weighted by Crippen LogP contribution is -2.41. The maximum absolute atomic E-state index is 11.5. The highest BCUT2D eigenvalue weighted by molar-refractivity contribution is 9.10. The van der Waals surface area contributed by atoms with E-state index in [1.165, 1.54) is 11.3 Å². The average Bonchev–Trinajstić information content (AvgIpc) is 2.60. The molecule has 7 heteroatoms. The molecule has 1 N–H and O–H groups in total. The van der Waals surface area contributed by atoms with E-state index in [4.69, 9.17) is 4.74 Å². The lowest BCUT2D eigenvalue weighted by molar-refractivity contribution is -0.109. The monoisotopic (exact) mass is 334 g/mol. The number of halogens is 1. The molecule has 18 heavy (non-hydrogen) atoms. The van der Waals surface area contributed by atoms with E-state index in [0.717, 1.165) is 9.61 Å². The van der Waals surface area contributed by atoms with Crippen LogP contribution in [0.2, 0.25) is 0 Å². The van der Waals surface area contributed by atoms with Gasteiger partial charge in [0.15, 0.2) is 0 Å². The van der Waals surface area contributed by atoms with E-state index >= 15 is 0 Å². The van der Waals surface area contributed by atoms with Crippen LogP contribution in [0.1, 0.15) is 25.8 Å². The molecule has 1 aromatic heterocycles. The van der Waals surface area contributed by atoms with Crippen molar-refractivity contribution in [2.24, 2.45) is 0 Å². The van der Waals surface area contributed by atoms with Crippen LogP contribution < -0.4 is 5.32 Å². The van der Waals surface area contributed by atoms with Crippen molar-refractivity contribution in [1.29, 1.82) is 0 Å². The number of aldehydes is 1. The van der Waals surface area contributed by atoms with Crippen molar-refractivity contribution in [3.63, 3.8) is 0 Å². The van der Waals surface area contributed by atoms with Crippen LogP contribution >= 0.6 is 27.3 Å². The molecule has 0 radical (unpaired) electrons. The number of thiazole rings is 1. The molecule has 1 aromatic rings. The van der Waals surface area contributed by atoms with Crippen molar-refractivity contribution in [3.8, 4) is 0 Å². The van der Waals surface area contributed by atoms with Crippen molar-refractivity contribution >= 4 is 39.6 Å². The van der Waals surface area contributed by atoms with Gasteiger partial charge in [-0.1, -0.05) is 0 Å². The van der Waals surface area contributed by atoms with E-state index < -0.39 is 17.7 Å². The molecule has 0 saturated heterocycles. The Bertz CT molecular complexity index is 428. The number of aromatic nitrogens is 1. The normalized spacial score (nSPS) is 12.9. The van der Waals surface area contributed by atoms with Crippen LogP contribution in [0, 0.1) is 0 Å². The fraction of sp³-hybridized carbons (Fsp3) is 0.545. The first-order valence-electron chi connectivity index (χ1n) is 5.35. The number of carbonyl (C=O) groups is 2. The molecule has 1 heterocycles. The van der Waals surface area contributed by atoms with E-state index in [-0.39, 0.29) is 0 Å². The second-order valence-corrected chi connectivity index (χ2v) is 6.41. The molecule has 0 aliphatic heterocycles. The highest BCUT2D eigenvalue weighted by Crippen LogP contribution is 2.16. The zero-order valence-electron chi connectivity index (χ0n) is 10.4. The molecule has 1 amide bonds. The minimum atomic E-state index is -0.627. The Morgan fingerprint density at radius 2 is 2.33 bits per heavy atom. The first-order valence-corrected chi connectivity index (χ1v) is 7.02. The minimum Gasteiger partial charge on any atom is -0.444 e. The number of ether oxygens (including phenoxy) is 1. The Hall–Kier alpha value is -0.950. The topological polar surface area (TPSA) is 68.3 Å². The zero-order chi connectivity index (χ0) is 13.8. The van der Waals surface area contributed by atoms with Gasteiger partial charge in [-0.05, 0) is 36.7 Å². The van der Waals surface area contributed by atoms with Crippen LogP contribution in [0.4, 0.5) is 4.79 Å². The van der Waals surface area contributed by atoms with Gasteiger partial charge < -0.3 is 14.8 Å². The van der Waals surface area contributed by atoms with Crippen molar-refractivity contribution in [2.75, 3.05) is 0 Å². The number of hydrogen-bond acceptors (Lipinski definition) is 5. The summed E-state index contributed by atoms with van der Waals surface area (Å²) in [6.45, 7) is 5.29. The van der Waals surface area contributed by atoms with Crippen LogP contribution in [-0.2, 0) is 16.0 Å². The Morgan fingerprint density at radius 1 is 1.67 bits per heavy atom. The number of hydrogen-bond donors (Lipinski definition) is 1. The van der Waals surface area contributed by atoms with Crippen LogP contribution in [0.5, 0.6) is 0 Å². The number of nitrogens with one attached hydrogen (secondary N) is 1. The van der Waals surface area contributed by atoms with Crippen molar-refractivity contribution in [2.45, 2.75) is 38.8 Å². The Kier molecular flexibility index (Phi) is 5.28. The summed E-state index contributed by atoms with van der Waals surface area (Å²) >= 11 is 4.66. The summed E-state index contributed by atoms with van der Waals surface area (Å²) in [5.41, 5.74) is -0.582. The molecule has 100 valence electrons. The lowest BCUT2D eigenvalue weighted by atomic mass is 10.2. The summed E-state index contributed by atoms with van der Waals surface area (Å²) in [5.74, 6) is 0. The number of carbonyl (C=O) groups excluding carboxylic acids is 2. The highest BCUT2D eigenvalue weighted by Gasteiger charge is 2.20. The Balaban J connectivity index is 2.52. The maximum atomic E-state index is 11.5. The van der Waals surface area contributed by atoms with E-state index in [2.05, 4.69) is 26.2 Å². The number of amides is 1. The van der Waals surface area contributed by atoms with Crippen molar-refractivity contribution in [1.82, 2.24) is 10.3 Å². The van der Waals surface area contributed by atoms with Crippen molar-refractivity contribution < 1.29 is 14.3 Å². The van der Waals surface area contributed by atoms with Gasteiger partial charge >= 0.3 is 6.09 Å². The largest absolute Gasteiger partial charge is 0.444 e. The summed E-state index contributed by atoms with van der Waals surface area (Å²) in [6, 6.07) is -0.627. The highest BCUT2D eigenvalue weighted by atomic mass is 79.9. The smallest absolute Gasteiger partial charge is 0.408 e. The zero-order valence-corrected chi connectivity index (χ0v) is 12.8. The predicted molar refractivity (Wildman–Crippen MR) is 72.7 cm³/mol. The van der Waals surface area contributed by atoms with E-state index in [0.29, 0.717) is 12.7 Å². The first kappa shape index (κ1) is 15.1. The number of rotatable bonds is 4. The maximum Gasteiger partial charge on any atom is 0.408 e. The van der Waals surface area contributed by atoms with Gasteiger partial charge in [-0.2, -0.15) is 0 Å². The van der Waals surface area contributed by atoms with Gasteiger partial charge in [0.05, 0.1) is 11.0 Å². The van der Waals surface area contributed by atoms with E-state index in [1.807, 2.05) is 5.38 Å². The van der Waals surface area contributed by atoms with Gasteiger partial charge in [-0.25, -0.2) is 9.78 Å². The SMILES string of the molecule is CC(C)(C)OC(=O)N[C@H](C=O)Cc1nc(Br)cs1. The molecule has 0 aliphatic carbocycles. The molecule has 5 nitrogen and oxygen atoms in total. The molecule has 0 bridgehead atoms. The summed E-state index contributed by atoms with van der Waals surface area (Å²) in [5, 5.41) is 5.10. The van der Waals surface area contributed by atoms with Gasteiger partial charge in [0.25, 0.3) is 0 Å². The summed E-state index contributed by atoms with van der Waals surface area (Å²) in [4.78, 5) is 26.6. The van der Waals surface area contributed by atoms with Gasteiger partial charge in [0.1, 0.15) is 16.5 Å². The average molecular weight is 335 g/mol. The predicted octanol–water partition coefficient (Wildman–Crippen LogP) is 2.54. The standard InChI is InChI=1S/C11H15BrN2O3S/c1-11(2,3)17-10(16)13-7(5-15)4-9-14-8(12)6-18-9/h5-7H,4H2,1-3H3,(H,13,16)/t7-/m0/s1. The van der Waals surface area contributed by atoms with Gasteiger partial charge in [-0.3, -0.25) is 0 Å². The number of nitrogens with zero attached hydrogens (tertiary/aromatic N) is 1. The van der Waals surface area contributed by atoms with Gasteiger partial charge in [-0.15, -0.1) is 11.3 Å². The third kappa shape index (κ3) is 5.59. The molecular weight excluding hydrogens is 320 g/mol. The van der Waals surface area contributed by atoms with Crippen LogP contribution in [0.3, 0.4) is 0 Å². The summed E-state index contributed by atoms with van der Waals surface area (Å²) in [6.07, 6.45) is 0.438. The van der Waals surface area contributed by atoms with E-state index in [1.54, 1.807) is 20.8 Å². The number of alkyl carbamates (subject to hydrolysis) is 1. The second-order valence-electron chi connectivity index (χ2n) is 4.66. The Labute approximate surface area is 118 Å². The molecule has 0 spiro atoms. The minimum absolute atomic E-state index is 0.360. The molecular formula is C11H15BrN2O3S. The molecule has 0 fully saturated rings. The second kappa shape index (κ2) is 6.29. The molecule has 0 aliphatic rings. The molecule has 1 atom stereocenters. The quantitative estimate of drug-likeness (QED) is 0.859. The summed E-state index contributed by atoms with van der Waals surface area (Å²) < 4.78 is 5.80. The fourth-order valence-electron chi connectivity index (χ4n) is 1.16. The molecule has 0 unspecified atom stereocenters. The summed E-state index contributed by atoms with van der Waals surface area (Å²) in [7, 11) is 0. The molecule has 0 saturated carbocycles. The van der Waals surface area contributed by atoms with Crippen LogP contribution in [0.15, 0.2) is 9.98 Å². The first-order chi connectivity index (χ1) is 8.30. The Morgan fingerprint density at radius 3 is 2.78 bits per heavy atom. The van der Waals surface area contributed by atoms with Crippen molar-refractivity contribution in [3.05, 3.63) is 15.0 Å². The van der Waals surface area contributed by atoms with Gasteiger partial charge in [0, 0.05) is 11.8 Å². The third-order valence-electron chi connectivity index (χ3n) is 1.78. The molecule has 1 rings (SSSR count). The molecule has 0 aromatic carbocycles. The van der Waals surface area contributed by atoms with Crippen LogP contribution in [0.25, 0.3) is 0 Å². The van der Waals surface area contributed by atoms with Gasteiger partial charge in [0.2, 0.25) is 0 Å². The van der Waals surface area contributed by atoms with Crippen LogP contribution in [-0.4, -0.2) is 29.0 Å².